The Bertz CT molecular complexity index is 1720. The second-order valence-corrected chi connectivity index (χ2v) is 16.3. The molecule has 2 aromatic carbocycles. The molecule has 3 atom stereocenters. The molecule has 0 amide bonds. The van der Waals surface area contributed by atoms with Crippen molar-refractivity contribution in [3.63, 3.8) is 0 Å². The summed E-state index contributed by atoms with van der Waals surface area (Å²) in [4.78, 5) is 78.2. The van der Waals surface area contributed by atoms with Crippen molar-refractivity contribution in [1.82, 2.24) is 9.55 Å². The third-order valence-electron chi connectivity index (χ3n) is 8.35. The Morgan fingerprint density at radius 3 is 2.04 bits per heavy atom. The van der Waals surface area contributed by atoms with E-state index in [9.17, 15) is 29.0 Å². The molecular formula is C36H49N3O14P2+. The molecule has 0 saturated carbocycles. The van der Waals surface area contributed by atoms with E-state index in [0.29, 0.717) is 41.0 Å². The number of H-pyrrole nitrogens is 1. The molecule has 4 rings (SSSR count). The highest BCUT2D eigenvalue weighted by atomic mass is 31.3. The second kappa shape index (κ2) is 21.8. The van der Waals surface area contributed by atoms with Gasteiger partial charge in [-0.25, -0.2) is 4.79 Å². The lowest BCUT2D eigenvalue weighted by Gasteiger charge is -2.29. The number of unbranched alkanes of at least 4 members (excludes halogenated alkanes) is 4. The first-order chi connectivity index (χ1) is 26.3. The van der Waals surface area contributed by atoms with Crippen LogP contribution in [0.3, 0.4) is 0 Å². The van der Waals surface area contributed by atoms with E-state index in [4.69, 9.17) is 38.0 Å². The van der Waals surface area contributed by atoms with Gasteiger partial charge in [-0.2, -0.15) is 19.5 Å². The van der Waals surface area contributed by atoms with Crippen molar-refractivity contribution >= 4 is 28.3 Å². The predicted molar refractivity (Wildman–Crippen MR) is 197 cm³/mol. The van der Waals surface area contributed by atoms with Crippen molar-refractivity contribution in [2.45, 2.75) is 111 Å². The molecule has 1 aliphatic heterocycles. The van der Waals surface area contributed by atoms with Crippen LogP contribution in [0.5, 0.6) is 11.5 Å². The zero-order valence-electron chi connectivity index (χ0n) is 31.2. The Kier molecular flexibility index (Phi) is 17.5. The monoisotopic (exact) mass is 809 g/mol. The summed E-state index contributed by atoms with van der Waals surface area (Å²) in [6, 6.07) is 12.4. The van der Waals surface area contributed by atoms with Crippen molar-refractivity contribution < 1.29 is 56.1 Å². The van der Waals surface area contributed by atoms with E-state index < -0.39 is 46.5 Å². The van der Waals surface area contributed by atoms with Gasteiger partial charge in [0.1, 0.15) is 38.2 Å². The fraction of sp³-hybridized carbons (Fsp3) is 0.500. The molecule has 3 N–H and O–H groups in total. The Morgan fingerprint density at radius 2 is 1.45 bits per heavy atom. The van der Waals surface area contributed by atoms with Gasteiger partial charge >= 0.3 is 34.0 Å². The Balaban J connectivity index is 1.41. The van der Waals surface area contributed by atoms with E-state index in [0.717, 1.165) is 38.5 Å². The first kappa shape index (κ1) is 44.3. The van der Waals surface area contributed by atoms with E-state index in [2.05, 4.69) is 9.61 Å². The van der Waals surface area contributed by atoms with Gasteiger partial charge in [-0.1, -0.05) is 68.4 Å². The maximum absolute atomic E-state index is 14.0. The van der Waals surface area contributed by atoms with Gasteiger partial charge in [0, 0.05) is 39.4 Å². The highest BCUT2D eigenvalue weighted by molar-refractivity contribution is 7.67. The topological polar surface area (TPSA) is 238 Å². The number of carbonyl (C=O) groups excluding carboxylic acids is 2. The first-order valence-corrected chi connectivity index (χ1v) is 21.1. The quantitative estimate of drug-likeness (QED) is 0.0323. The summed E-state index contributed by atoms with van der Waals surface area (Å²) < 4.78 is 44.2. The summed E-state index contributed by atoms with van der Waals surface area (Å²) >= 11 is 0. The number of nitrogens with zero attached hydrogens (tertiary/aromatic N) is 1. The largest absolute Gasteiger partial charge is 0.602 e. The highest BCUT2D eigenvalue weighted by Gasteiger charge is 2.52. The molecule has 1 unspecified atom stereocenters. The normalized spacial score (nSPS) is 17.7. The molecule has 3 aromatic rings. The van der Waals surface area contributed by atoms with Gasteiger partial charge < -0.3 is 19.3 Å². The summed E-state index contributed by atoms with van der Waals surface area (Å²) in [6.45, 7) is 4.45. The zero-order chi connectivity index (χ0) is 39.8. The Hall–Kier alpha value is -3.44. The van der Waals surface area contributed by atoms with Crippen LogP contribution in [-0.2, 0) is 50.0 Å². The number of phosphoric acid groups is 2. The molecule has 0 spiro atoms. The van der Waals surface area contributed by atoms with Gasteiger partial charge in [0.15, 0.2) is 0 Å². The van der Waals surface area contributed by atoms with Gasteiger partial charge in [-0.3, -0.25) is 23.9 Å². The molecule has 17 nitrogen and oxygen atoms in total. The molecule has 1 aromatic heterocycles. The van der Waals surface area contributed by atoms with Crippen LogP contribution in [0.1, 0.15) is 101 Å². The number of carbonyl (C=O) groups is 2. The molecule has 19 heteroatoms. The van der Waals surface area contributed by atoms with Gasteiger partial charge in [0.25, 0.3) is 5.56 Å². The summed E-state index contributed by atoms with van der Waals surface area (Å²) in [6.07, 6.45) is 6.39. The van der Waals surface area contributed by atoms with Crippen LogP contribution in [-0.4, -0.2) is 34.2 Å². The average Bonchev–Trinajstić information content (AvgIpc) is 3.64. The number of aromatic amines is 1. The Labute approximate surface area is 320 Å². The maximum Gasteiger partial charge on any atom is 0.580 e. The minimum atomic E-state index is -4.85. The molecule has 2 heterocycles. The number of hydrogen-bond donors (Lipinski definition) is 2. The second-order valence-electron chi connectivity index (χ2n) is 12.8. The number of rotatable bonds is 23. The molecule has 1 aliphatic rings. The number of esters is 2. The number of phosphoric ester groups is 1. The van der Waals surface area contributed by atoms with E-state index in [1.165, 1.54) is 35.0 Å². The van der Waals surface area contributed by atoms with Crippen LogP contribution in [0, 0.1) is 6.92 Å². The lowest BCUT2D eigenvalue weighted by atomic mass is 10.2. The predicted octanol–water partition coefficient (Wildman–Crippen LogP) is 4.93. The smallest absolute Gasteiger partial charge is 0.580 e. The number of ether oxygens (including phenoxy) is 3. The maximum atomic E-state index is 14.0. The standard InChI is InChI=1S/C36H49N3O14P2/c1-4-6-8-10-33(40)50-29-16-12-27(13-17-29)23-46-54(44,47-24-28-14-18-30(19-15-28)51-34(41)11-9-7-5-2)53-55(45,52-37)48-25-31-20-21-32(49-31)39-22-26(3)35(42)38-36(39)43/h12-19,22,31-32H,4-11,20-21,23-25,37H2,1-3H3,(H,38,42,43)/q+1/t31-,32+,55?/m0/s1. The molecule has 1 saturated heterocycles. The fourth-order valence-electron chi connectivity index (χ4n) is 5.29. The van der Waals surface area contributed by atoms with E-state index in [1.54, 1.807) is 31.2 Å². The van der Waals surface area contributed by atoms with Crippen LogP contribution in [0.4, 0.5) is 0 Å². The van der Waals surface area contributed by atoms with Crippen molar-refractivity contribution in [2.24, 2.45) is 5.90 Å². The lowest BCUT2D eigenvalue weighted by Crippen LogP contribution is -2.33. The summed E-state index contributed by atoms with van der Waals surface area (Å²) in [5.41, 5.74) is 0.0598. The molecule has 1 radical (unpaired) electrons. The van der Waals surface area contributed by atoms with Crippen molar-refractivity contribution in [3.8, 4) is 11.5 Å². The number of benzene rings is 2. The minimum Gasteiger partial charge on any atom is -0.602 e. The minimum absolute atomic E-state index is 0.289. The van der Waals surface area contributed by atoms with Gasteiger partial charge in [-0.05, 0) is 55.9 Å². The first-order valence-electron chi connectivity index (χ1n) is 18.1. The third-order valence-corrected chi connectivity index (χ3v) is 11.6. The SMILES string of the molecule is CCCCCC(=O)Oc1ccc(CO[P+]([O-])(OCc2ccc(OC(=[O+])CCCCC)cc2)O[P+]([O-])(ON)OC[C@@H]2CC[C@H](n3cc(C)c(=O)[nH]c3=O)O2)cc1. The summed E-state index contributed by atoms with van der Waals surface area (Å²) in [5.74, 6) is 5.21. The van der Waals surface area contributed by atoms with Crippen LogP contribution < -0.4 is 36.4 Å². The Morgan fingerprint density at radius 1 is 0.873 bits per heavy atom. The summed E-state index contributed by atoms with van der Waals surface area (Å²) in [5, 5.41) is 0. The van der Waals surface area contributed by atoms with Gasteiger partial charge in [0.2, 0.25) is 5.75 Å². The van der Waals surface area contributed by atoms with Crippen molar-refractivity contribution in [2.75, 3.05) is 6.61 Å². The molecule has 55 heavy (non-hydrogen) atoms. The van der Waals surface area contributed by atoms with Crippen LogP contribution in [0.15, 0.2) is 64.3 Å². The van der Waals surface area contributed by atoms with Crippen LogP contribution in [0.2, 0.25) is 0 Å². The van der Waals surface area contributed by atoms with Gasteiger partial charge in [0.05, 0.1) is 6.10 Å². The molecule has 301 valence electrons. The van der Waals surface area contributed by atoms with Crippen molar-refractivity contribution in [3.05, 3.63) is 92.3 Å². The number of nitrogens with one attached hydrogen (secondary N) is 1. The van der Waals surface area contributed by atoms with E-state index in [1.807, 2.05) is 13.8 Å². The molecule has 0 aliphatic carbocycles. The number of hydrogen-bond acceptors (Lipinski definition) is 15. The molecule has 0 bridgehead atoms. The average molecular weight is 810 g/mol. The number of aryl methyl sites for hydroxylation is 1. The molecule has 1 fully saturated rings. The fourth-order valence-corrected chi connectivity index (χ4v) is 8.08. The van der Waals surface area contributed by atoms with Crippen molar-refractivity contribution in [1.29, 1.82) is 0 Å². The zero-order valence-corrected chi connectivity index (χ0v) is 33.0. The summed E-state index contributed by atoms with van der Waals surface area (Å²) in [7, 11) is -9.66. The van der Waals surface area contributed by atoms with E-state index >= 15 is 0 Å². The van der Waals surface area contributed by atoms with E-state index in [-0.39, 0.29) is 38.0 Å². The van der Waals surface area contributed by atoms with Crippen LogP contribution in [0.25, 0.3) is 0 Å². The number of aromatic nitrogens is 2. The van der Waals surface area contributed by atoms with Crippen LogP contribution >= 0.6 is 16.3 Å². The van der Waals surface area contributed by atoms with Gasteiger partial charge in [-0.15, -0.1) is 0 Å². The molecular weight excluding hydrogens is 760 g/mol. The lowest BCUT2D eigenvalue weighted by molar-refractivity contribution is -0.273. The third kappa shape index (κ3) is 14.5. The highest BCUT2D eigenvalue weighted by Crippen LogP contribution is 2.70. The number of nitrogens with two attached hydrogens (primary N) is 1.